The number of ether oxygens (including phenoxy) is 1. The highest BCUT2D eigenvalue weighted by atomic mass is 31.1. The summed E-state index contributed by atoms with van der Waals surface area (Å²) in [6.45, 7) is 1.75. The second kappa shape index (κ2) is 2.87. The van der Waals surface area contributed by atoms with Crippen LogP contribution in [0.15, 0.2) is 4.99 Å². The average Bonchev–Trinajstić information content (AvgIpc) is 2.59. The van der Waals surface area contributed by atoms with Gasteiger partial charge in [0, 0.05) is 0 Å². The van der Waals surface area contributed by atoms with Gasteiger partial charge in [0.2, 0.25) is 5.64 Å². The molecule has 0 aliphatic carbocycles. The maximum Gasteiger partial charge on any atom is 0.205 e. The van der Waals surface area contributed by atoms with Crippen molar-refractivity contribution in [1.82, 2.24) is 0 Å². The van der Waals surface area contributed by atoms with Crippen LogP contribution in [0.4, 0.5) is 0 Å². The van der Waals surface area contributed by atoms with E-state index in [-0.39, 0.29) is 7.92 Å². The first kappa shape index (κ1) is 6.60. The van der Waals surface area contributed by atoms with Gasteiger partial charge < -0.3 is 4.74 Å². The molecule has 0 spiro atoms. The molecule has 10 heavy (non-hydrogen) atoms. The zero-order valence-electron chi connectivity index (χ0n) is 6.05. The number of hydrogen-bond donors (Lipinski definition) is 0. The van der Waals surface area contributed by atoms with Gasteiger partial charge >= 0.3 is 0 Å². The van der Waals surface area contributed by atoms with E-state index < -0.39 is 0 Å². The highest BCUT2D eigenvalue weighted by Crippen LogP contribution is 2.45. The van der Waals surface area contributed by atoms with E-state index in [1.807, 2.05) is 0 Å². The zero-order chi connectivity index (χ0) is 6.81. The van der Waals surface area contributed by atoms with Gasteiger partial charge in [-0.1, -0.05) is 0 Å². The largest absolute Gasteiger partial charge is 0.476 e. The first-order valence-electron chi connectivity index (χ1n) is 3.89. The fraction of sp³-hybridized carbons (Fsp3) is 0.857. The van der Waals surface area contributed by atoms with Crippen molar-refractivity contribution in [2.75, 3.05) is 25.5 Å². The molecule has 1 saturated heterocycles. The van der Waals surface area contributed by atoms with Crippen LogP contribution in [0.2, 0.25) is 0 Å². The van der Waals surface area contributed by atoms with Crippen LogP contribution >= 0.6 is 7.92 Å². The predicted molar refractivity (Wildman–Crippen MR) is 44.1 cm³/mol. The lowest BCUT2D eigenvalue weighted by Crippen LogP contribution is -1.97. The minimum atomic E-state index is 0.0815. The summed E-state index contributed by atoms with van der Waals surface area (Å²) in [5.41, 5.74) is 1.12. The second-order valence-electron chi connectivity index (χ2n) is 2.71. The third-order valence-electron chi connectivity index (χ3n) is 1.95. The van der Waals surface area contributed by atoms with Gasteiger partial charge in [-0.05, 0) is 33.1 Å². The minimum Gasteiger partial charge on any atom is -0.476 e. The number of rotatable bonds is 1. The van der Waals surface area contributed by atoms with E-state index in [0.29, 0.717) is 0 Å². The molecule has 2 aliphatic rings. The van der Waals surface area contributed by atoms with Gasteiger partial charge in [-0.25, -0.2) is 4.99 Å². The molecule has 0 aromatic carbocycles. The van der Waals surface area contributed by atoms with Crippen LogP contribution in [0.25, 0.3) is 0 Å². The summed E-state index contributed by atoms with van der Waals surface area (Å²) in [5, 5.41) is 0. The summed E-state index contributed by atoms with van der Waals surface area (Å²) in [6, 6.07) is 0. The summed E-state index contributed by atoms with van der Waals surface area (Å²) >= 11 is 0. The third kappa shape index (κ3) is 1.17. The smallest absolute Gasteiger partial charge is 0.205 e. The van der Waals surface area contributed by atoms with Gasteiger partial charge in [0.1, 0.15) is 6.61 Å². The Morgan fingerprint density at radius 1 is 1.30 bits per heavy atom. The van der Waals surface area contributed by atoms with Crippen LogP contribution in [0.5, 0.6) is 0 Å². The lowest BCUT2D eigenvalue weighted by atomic mass is 10.4. The fourth-order valence-corrected chi connectivity index (χ4v) is 3.81. The fourth-order valence-electron chi connectivity index (χ4n) is 1.42. The molecule has 0 aromatic heterocycles. The van der Waals surface area contributed by atoms with Crippen LogP contribution in [0.1, 0.15) is 12.8 Å². The van der Waals surface area contributed by atoms with Crippen molar-refractivity contribution in [3.63, 3.8) is 0 Å². The Morgan fingerprint density at radius 2 is 2.10 bits per heavy atom. The van der Waals surface area contributed by atoms with E-state index in [9.17, 15) is 0 Å². The predicted octanol–water partition coefficient (Wildman–Crippen LogP) is 1.65. The van der Waals surface area contributed by atoms with Crippen molar-refractivity contribution >= 4 is 13.6 Å². The molecule has 2 heterocycles. The topological polar surface area (TPSA) is 21.6 Å². The Morgan fingerprint density at radius 3 is 2.70 bits per heavy atom. The third-order valence-corrected chi connectivity index (χ3v) is 4.47. The van der Waals surface area contributed by atoms with Gasteiger partial charge in [-0.15, -0.1) is 0 Å². The Balaban J connectivity index is 1.97. The van der Waals surface area contributed by atoms with Crippen molar-refractivity contribution in [3.05, 3.63) is 0 Å². The Hall–Kier alpha value is -0.100. The molecule has 56 valence electrons. The molecule has 2 aliphatic heterocycles. The van der Waals surface area contributed by atoms with Crippen molar-refractivity contribution in [2.45, 2.75) is 12.8 Å². The molecule has 0 radical (unpaired) electrons. The Labute approximate surface area is 62.4 Å². The van der Waals surface area contributed by atoms with Crippen molar-refractivity contribution in [2.24, 2.45) is 4.99 Å². The standard InChI is InChI=1S/C7H12NOP/c1-2-6-10(5-1)7-8-3-4-9-7/h1-6H2. The number of nitrogens with zero attached hydrogens (tertiary/aromatic N) is 1. The molecular weight excluding hydrogens is 145 g/mol. The molecule has 0 unspecified atom stereocenters. The van der Waals surface area contributed by atoms with Crippen molar-refractivity contribution in [3.8, 4) is 0 Å². The van der Waals surface area contributed by atoms with Crippen molar-refractivity contribution < 1.29 is 4.74 Å². The van der Waals surface area contributed by atoms with E-state index in [1.165, 1.54) is 25.2 Å². The van der Waals surface area contributed by atoms with Crippen LogP contribution in [0, 0.1) is 0 Å². The average molecular weight is 157 g/mol. The summed E-state index contributed by atoms with van der Waals surface area (Å²) in [5.74, 6) is 0. The normalized spacial score (nSPS) is 26.6. The molecular formula is C7H12NOP. The van der Waals surface area contributed by atoms with Crippen LogP contribution in [-0.4, -0.2) is 31.1 Å². The molecule has 2 nitrogen and oxygen atoms in total. The summed E-state index contributed by atoms with van der Waals surface area (Å²) in [6.07, 6.45) is 5.53. The van der Waals surface area contributed by atoms with Gasteiger partial charge in [0.05, 0.1) is 6.54 Å². The molecule has 1 fully saturated rings. The molecule has 0 aromatic rings. The van der Waals surface area contributed by atoms with Crippen molar-refractivity contribution in [1.29, 1.82) is 0 Å². The first-order chi connectivity index (χ1) is 4.97. The SMILES string of the molecule is C1CCP(C2=NCCO2)C1. The summed E-state index contributed by atoms with van der Waals surface area (Å²) < 4.78 is 5.42. The van der Waals surface area contributed by atoms with Gasteiger partial charge in [0.15, 0.2) is 0 Å². The van der Waals surface area contributed by atoms with E-state index in [1.54, 1.807) is 0 Å². The zero-order valence-corrected chi connectivity index (χ0v) is 6.94. The first-order valence-corrected chi connectivity index (χ1v) is 5.60. The maximum atomic E-state index is 5.42. The maximum absolute atomic E-state index is 5.42. The highest BCUT2D eigenvalue weighted by Gasteiger charge is 2.23. The Kier molecular flexibility index (Phi) is 1.90. The molecule has 0 bridgehead atoms. The summed E-state index contributed by atoms with van der Waals surface area (Å²) in [4.78, 5) is 4.34. The molecule has 0 saturated carbocycles. The van der Waals surface area contributed by atoms with Gasteiger partial charge in [-0.2, -0.15) is 0 Å². The number of hydrogen-bond acceptors (Lipinski definition) is 2. The van der Waals surface area contributed by atoms with Gasteiger partial charge in [-0.3, -0.25) is 0 Å². The highest BCUT2D eigenvalue weighted by molar-refractivity contribution is 7.74. The lowest BCUT2D eigenvalue weighted by Gasteiger charge is -2.07. The van der Waals surface area contributed by atoms with E-state index in [2.05, 4.69) is 4.99 Å². The molecule has 0 amide bonds. The van der Waals surface area contributed by atoms with Crippen LogP contribution < -0.4 is 0 Å². The van der Waals surface area contributed by atoms with Crippen LogP contribution in [0.3, 0.4) is 0 Å². The van der Waals surface area contributed by atoms with Crippen LogP contribution in [-0.2, 0) is 4.74 Å². The molecule has 0 N–H and O–H groups in total. The molecule has 2 rings (SSSR count). The number of aliphatic imine (C=N–C) groups is 1. The minimum absolute atomic E-state index is 0.0815. The molecule has 3 heteroatoms. The van der Waals surface area contributed by atoms with E-state index in [0.717, 1.165) is 18.8 Å². The van der Waals surface area contributed by atoms with E-state index in [4.69, 9.17) is 4.74 Å². The molecule has 0 atom stereocenters. The van der Waals surface area contributed by atoms with E-state index >= 15 is 0 Å². The summed E-state index contributed by atoms with van der Waals surface area (Å²) in [7, 11) is 0.0815. The van der Waals surface area contributed by atoms with Gasteiger partial charge in [0.25, 0.3) is 0 Å². The monoisotopic (exact) mass is 157 g/mol. The second-order valence-corrected chi connectivity index (χ2v) is 5.06. The quantitative estimate of drug-likeness (QED) is 0.530. The lowest BCUT2D eigenvalue weighted by molar-refractivity contribution is 0.355. The Bertz CT molecular complexity index is 152.